The minimum absolute atomic E-state index is 0.0388. The topological polar surface area (TPSA) is 115 Å². The zero-order chi connectivity index (χ0) is 32.4. The molecule has 2 atom stereocenters. The first-order valence-electron chi connectivity index (χ1n) is 15.5. The molecule has 0 radical (unpaired) electrons. The third kappa shape index (κ3) is 6.97. The molecule has 0 saturated carbocycles. The van der Waals surface area contributed by atoms with E-state index in [1.807, 2.05) is 38.1 Å². The van der Waals surface area contributed by atoms with Crippen LogP contribution in [-0.2, 0) is 25.5 Å². The van der Waals surface area contributed by atoms with Crippen molar-refractivity contribution < 1.29 is 13.7 Å². The molecule has 4 aromatic rings. The van der Waals surface area contributed by atoms with Gasteiger partial charge in [0.15, 0.2) is 0 Å². The number of likely N-dealkylation sites (N-methyl/N-ethyl adjacent to an activating group) is 1. The van der Waals surface area contributed by atoms with Gasteiger partial charge in [-0.05, 0) is 52.3 Å². The SMILES string of the molecule is C=S(=O)(c1cnc(-c2cc3cnc(Nc4ccc(C5CN(C)CCO5)cc4)nc3n(CCN3CCOCC3)c2=O)c(Cl)c1)C(C)C. The number of morpholine rings is 2. The van der Waals surface area contributed by atoms with E-state index in [4.69, 9.17) is 26.1 Å². The lowest BCUT2D eigenvalue weighted by molar-refractivity contribution is -0.0208. The molecule has 3 aromatic heterocycles. The number of hydrogen-bond donors (Lipinski definition) is 1. The first-order valence-corrected chi connectivity index (χ1v) is 17.7. The van der Waals surface area contributed by atoms with Gasteiger partial charge >= 0.3 is 0 Å². The highest BCUT2D eigenvalue weighted by atomic mass is 35.5. The summed E-state index contributed by atoms with van der Waals surface area (Å²) in [5.41, 5.74) is 2.80. The molecule has 1 aromatic carbocycles. The summed E-state index contributed by atoms with van der Waals surface area (Å²) in [7, 11) is -0.495. The van der Waals surface area contributed by atoms with Crippen LogP contribution in [0.2, 0.25) is 5.02 Å². The Kier molecular flexibility index (Phi) is 9.74. The Balaban J connectivity index is 1.34. The molecule has 0 amide bonds. The van der Waals surface area contributed by atoms with Crippen LogP contribution in [0.25, 0.3) is 22.3 Å². The summed E-state index contributed by atoms with van der Waals surface area (Å²) < 4.78 is 26.3. The van der Waals surface area contributed by atoms with Crippen LogP contribution in [0, 0.1) is 0 Å². The van der Waals surface area contributed by atoms with Gasteiger partial charge in [-0.2, -0.15) is 4.98 Å². The lowest BCUT2D eigenvalue weighted by Gasteiger charge is -2.30. The molecule has 2 aliphatic rings. The van der Waals surface area contributed by atoms with Gasteiger partial charge in [0.1, 0.15) is 5.65 Å². The summed E-state index contributed by atoms with van der Waals surface area (Å²) in [6.45, 7) is 10.1. The van der Waals surface area contributed by atoms with Crippen molar-refractivity contribution >= 4 is 49.7 Å². The van der Waals surface area contributed by atoms with Crippen molar-refractivity contribution in [1.82, 2.24) is 29.3 Å². The first-order chi connectivity index (χ1) is 22.1. The highest BCUT2D eigenvalue weighted by Gasteiger charge is 2.22. The van der Waals surface area contributed by atoms with Crippen molar-refractivity contribution in [3.8, 4) is 11.3 Å². The van der Waals surface area contributed by atoms with Crippen molar-refractivity contribution in [3.63, 3.8) is 0 Å². The number of nitrogens with zero attached hydrogens (tertiary/aromatic N) is 6. The fourth-order valence-electron chi connectivity index (χ4n) is 5.63. The number of anilines is 2. The van der Waals surface area contributed by atoms with Crippen molar-refractivity contribution in [2.24, 2.45) is 0 Å². The fourth-order valence-corrected chi connectivity index (χ4v) is 7.06. The quantitative estimate of drug-likeness (QED) is 0.263. The summed E-state index contributed by atoms with van der Waals surface area (Å²) in [5.74, 6) is 4.29. The van der Waals surface area contributed by atoms with Gasteiger partial charge in [0.05, 0.1) is 47.1 Å². The Bertz CT molecular complexity index is 1880. The van der Waals surface area contributed by atoms with Crippen LogP contribution in [0.1, 0.15) is 25.5 Å². The van der Waals surface area contributed by atoms with E-state index in [1.54, 1.807) is 22.9 Å². The van der Waals surface area contributed by atoms with Crippen LogP contribution in [0.3, 0.4) is 0 Å². The molecule has 6 rings (SSSR count). The van der Waals surface area contributed by atoms with Crippen molar-refractivity contribution in [2.75, 3.05) is 64.9 Å². The number of fused-ring (bicyclic) bond motifs is 1. The monoisotopic (exact) mass is 665 g/mol. The van der Waals surface area contributed by atoms with E-state index in [-0.39, 0.29) is 21.9 Å². The maximum Gasteiger partial charge on any atom is 0.261 e. The fraction of sp³-hybridized carbons (Fsp3) is 0.424. The Morgan fingerprint density at radius 2 is 1.83 bits per heavy atom. The van der Waals surface area contributed by atoms with Gasteiger partial charge in [0.25, 0.3) is 5.56 Å². The van der Waals surface area contributed by atoms with Crippen molar-refractivity contribution in [1.29, 1.82) is 0 Å². The molecule has 2 fully saturated rings. The molecule has 0 aliphatic carbocycles. The zero-order valence-corrected chi connectivity index (χ0v) is 28.0. The van der Waals surface area contributed by atoms with Gasteiger partial charge in [-0.15, -0.1) is 0 Å². The molecular formula is C33H40ClN7O4S. The first kappa shape index (κ1) is 32.5. The van der Waals surface area contributed by atoms with Crippen molar-refractivity contribution in [2.45, 2.75) is 36.6 Å². The van der Waals surface area contributed by atoms with Crippen LogP contribution in [0.5, 0.6) is 0 Å². The molecule has 5 heterocycles. The van der Waals surface area contributed by atoms with E-state index in [9.17, 15) is 9.00 Å². The van der Waals surface area contributed by atoms with Crippen molar-refractivity contribution in [3.05, 3.63) is 69.7 Å². The van der Waals surface area contributed by atoms with Gasteiger partial charge in [-0.1, -0.05) is 37.6 Å². The number of aromatic nitrogens is 4. The number of rotatable bonds is 9. The average molecular weight is 666 g/mol. The van der Waals surface area contributed by atoms with Gasteiger partial charge in [-0.25, -0.2) is 4.98 Å². The number of nitrogens with one attached hydrogen (secondary N) is 1. The summed E-state index contributed by atoms with van der Waals surface area (Å²) in [5, 5.41) is 4.00. The van der Waals surface area contributed by atoms with E-state index in [0.717, 1.165) is 37.4 Å². The summed E-state index contributed by atoms with van der Waals surface area (Å²) >= 11 is 6.69. The maximum absolute atomic E-state index is 14.1. The van der Waals surface area contributed by atoms with Crippen LogP contribution in [0.15, 0.2) is 58.5 Å². The number of pyridine rings is 2. The zero-order valence-electron chi connectivity index (χ0n) is 26.4. The number of halogens is 1. The van der Waals surface area contributed by atoms with Gasteiger partial charge in [0, 0.05) is 68.0 Å². The molecule has 46 heavy (non-hydrogen) atoms. The van der Waals surface area contributed by atoms with E-state index < -0.39 is 9.52 Å². The minimum atomic E-state index is -2.59. The standard InChI is InChI=1S/C33H40ClN7O4S/c1-22(2)46(4,43)26-18-28(34)30(35-20-26)27-17-24-19-36-33(37-25-7-5-23(6-8-25)29-21-39(3)11-16-45-29)38-31(24)41(32(27)42)10-9-40-12-14-44-15-13-40/h5-8,17-20,22,29H,4,9-16,21H2,1-3H3,(H,36,37,38). The van der Waals surface area contributed by atoms with Crippen LogP contribution in [0.4, 0.5) is 11.6 Å². The van der Waals surface area contributed by atoms with E-state index in [1.165, 1.54) is 6.20 Å². The lowest BCUT2D eigenvalue weighted by Crippen LogP contribution is -2.39. The molecule has 0 spiro atoms. The molecular weight excluding hydrogens is 626 g/mol. The smallest absolute Gasteiger partial charge is 0.261 e. The number of hydrogen-bond acceptors (Lipinski definition) is 10. The van der Waals surface area contributed by atoms with Crippen LogP contribution >= 0.6 is 11.6 Å². The molecule has 2 unspecified atom stereocenters. The van der Waals surface area contributed by atoms with Crippen LogP contribution in [-0.4, -0.2) is 104 Å². The Hall–Kier alpha value is -3.39. The van der Waals surface area contributed by atoms with Crippen LogP contribution < -0.4 is 10.9 Å². The second-order valence-corrected chi connectivity index (χ2v) is 15.4. The summed E-state index contributed by atoms with van der Waals surface area (Å²) in [6.07, 6.45) is 3.24. The number of ether oxygens (including phenoxy) is 2. The third-order valence-corrected chi connectivity index (χ3v) is 11.4. The second kappa shape index (κ2) is 13.8. The molecule has 244 valence electrons. The third-order valence-electron chi connectivity index (χ3n) is 8.61. The van der Waals surface area contributed by atoms with Gasteiger partial charge < -0.3 is 19.7 Å². The lowest BCUT2D eigenvalue weighted by atomic mass is 10.1. The highest BCUT2D eigenvalue weighted by Crippen LogP contribution is 2.29. The molecule has 0 bridgehead atoms. The molecule has 13 heteroatoms. The Labute approximate surface area is 274 Å². The van der Waals surface area contributed by atoms with E-state index in [0.29, 0.717) is 66.0 Å². The Morgan fingerprint density at radius 1 is 1.07 bits per heavy atom. The summed E-state index contributed by atoms with van der Waals surface area (Å²) in [4.78, 5) is 33.0. The predicted molar refractivity (Wildman–Crippen MR) is 184 cm³/mol. The minimum Gasteiger partial charge on any atom is -0.379 e. The van der Waals surface area contributed by atoms with Gasteiger partial charge in [0.2, 0.25) is 5.95 Å². The largest absolute Gasteiger partial charge is 0.379 e. The van der Waals surface area contributed by atoms with E-state index >= 15 is 0 Å². The average Bonchev–Trinajstić information content (AvgIpc) is 3.05. The molecule has 11 nitrogen and oxygen atoms in total. The summed E-state index contributed by atoms with van der Waals surface area (Å²) in [6, 6.07) is 11.4. The predicted octanol–water partition coefficient (Wildman–Crippen LogP) is 4.07. The normalized spacial score (nSPS) is 19.4. The second-order valence-electron chi connectivity index (χ2n) is 12.1. The molecule has 1 N–H and O–H groups in total. The molecule has 2 aliphatic heterocycles. The number of benzene rings is 1. The molecule has 2 saturated heterocycles. The van der Waals surface area contributed by atoms with Gasteiger partial charge in [-0.3, -0.25) is 23.5 Å². The highest BCUT2D eigenvalue weighted by molar-refractivity contribution is 8.00. The van der Waals surface area contributed by atoms with E-state index in [2.05, 4.69) is 38.0 Å². The Morgan fingerprint density at radius 3 is 2.52 bits per heavy atom. The maximum atomic E-state index is 14.1.